The molecule has 11 heavy (non-hydrogen) atoms. The summed E-state index contributed by atoms with van der Waals surface area (Å²) in [7, 11) is 1.74. The minimum absolute atomic E-state index is 0.00667. The third kappa shape index (κ3) is 7.29. The van der Waals surface area contributed by atoms with Crippen LogP contribution in [-0.2, 0) is 9.53 Å². The van der Waals surface area contributed by atoms with Gasteiger partial charge in [-0.2, -0.15) is 0 Å². The topological polar surface area (TPSA) is 50.4 Å². The van der Waals surface area contributed by atoms with Crippen LogP contribution in [0.4, 0.5) is 0 Å². The number of rotatable bonds is 6. The van der Waals surface area contributed by atoms with Gasteiger partial charge in [-0.1, -0.05) is 0 Å². The fraction of sp³-hybridized carbons (Fsp3) is 0.857. The Kier molecular flexibility index (Phi) is 7.08. The molecule has 0 aliphatic heterocycles. The lowest BCUT2D eigenvalue weighted by atomic mass is 10.5. The van der Waals surface area contributed by atoms with Crippen LogP contribution in [0.2, 0.25) is 0 Å². The van der Waals surface area contributed by atoms with Crippen molar-refractivity contribution in [2.45, 2.75) is 6.92 Å². The first-order valence-corrected chi connectivity index (χ1v) is 3.80. The second-order valence-corrected chi connectivity index (χ2v) is 2.08. The molecule has 0 aromatic carbocycles. The summed E-state index contributed by atoms with van der Waals surface area (Å²) in [6, 6.07) is 0. The van der Waals surface area contributed by atoms with E-state index >= 15 is 0 Å². The number of likely N-dealkylation sites (N-methyl/N-ethyl adjacent to an activating group) is 1. The van der Waals surface area contributed by atoms with Gasteiger partial charge in [-0.25, -0.2) is 0 Å². The summed E-state index contributed by atoms with van der Waals surface area (Å²) in [5, 5.41) is 5.45. The maximum atomic E-state index is 10.8. The molecular weight excluding hydrogens is 144 g/mol. The Labute approximate surface area is 67.3 Å². The van der Waals surface area contributed by atoms with Gasteiger partial charge < -0.3 is 15.4 Å². The van der Waals surface area contributed by atoms with Crippen molar-refractivity contribution in [2.24, 2.45) is 0 Å². The van der Waals surface area contributed by atoms with Crippen molar-refractivity contribution >= 4 is 5.91 Å². The third-order valence-electron chi connectivity index (χ3n) is 1.11. The zero-order valence-corrected chi connectivity index (χ0v) is 7.14. The predicted molar refractivity (Wildman–Crippen MR) is 43.4 cm³/mol. The molecule has 0 unspecified atom stereocenters. The van der Waals surface area contributed by atoms with Gasteiger partial charge in [-0.15, -0.1) is 0 Å². The predicted octanol–water partition coefficient (Wildman–Crippen LogP) is -0.641. The van der Waals surface area contributed by atoms with E-state index in [4.69, 9.17) is 4.74 Å². The van der Waals surface area contributed by atoms with E-state index in [0.717, 1.165) is 0 Å². The highest BCUT2D eigenvalue weighted by Gasteiger charge is 1.95. The van der Waals surface area contributed by atoms with Gasteiger partial charge in [0.15, 0.2) is 0 Å². The Hall–Kier alpha value is -0.610. The Morgan fingerprint density at radius 3 is 2.82 bits per heavy atom. The first kappa shape index (κ1) is 10.4. The maximum absolute atomic E-state index is 10.8. The quantitative estimate of drug-likeness (QED) is 0.508. The van der Waals surface area contributed by atoms with Gasteiger partial charge in [0.25, 0.3) is 0 Å². The summed E-state index contributed by atoms with van der Waals surface area (Å²) in [6.45, 7) is 4.17. The number of hydrogen-bond donors (Lipinski definition) is 2. The van der Waals surface area contributed by atoms with Crippen molar-refractivity contribution in [3.05, 3.63) is 0 Å². The number of ether oxygens (including phenoxy) is 1. The van der Waals surface area contributed by atoms with Gasteiger partial charge in [0.05, 0.1) is 13.2 Å². The van der Waals surface area contributed by atoms with E-state index in [-0.39, 0.29) is 5.91 Å². The molecule has 0 radical (unpaired) electrons. The normalized spacial score (nSPS) is 9.64. The molecule has 2 N–H and O–H groups in total. The molecule has 0 aromatic rings. The Morgan fingerprint density at radius 1 is 1.55 bits per heavy atom. The van der Waals surface area contributed by atoms with Crippen molar-refractivity contribution < 1.29 is 9.53 Å². The third-order valence-corrected chi connectivity index (χ3v) is 1.11. The molecule has 0 bridgehead atoms. The number of carbonyl (C=O) groups excluding carboxylic acids is 1. The smallest absolute Gasteiger partial charge is 0.234 e. The lowest BCUT2D eigenvalue weighted by Gasteiger charge is -2.03. The first-order valence-electron chi connectivity index (χ1n) is 3.80. The van der Waals surface area contributed by atoms with Crippen LogP contribution in [0.1, 0.15) is 6.92 Å². The molecule has 0 aliphatic rings. The summed E-state index contributed by atoms with van der Waals surface area (Å²) in [5.41, 5.74) is 0. The molecule has 4 nitrogen and oxygen atoms in total. The zero-order chi connectivity index (χ0) is 8.53. The molecule has 0 aliphatic carbocycles. The Bertz CT molecular complexity index is 107. The Morgan fingerprint density at radius 2 is 2.27 bits per heavy atom. The molecule has 0 spiro atoms. The lowest BCUT2D eigenvalue weighted by Crippen LogP contribution is -2.34. The van der Waals surface area contributed by atoms with Crippen molar-refractivity contribution in [3.8, 4) is 0 Å². The van der Waals surface area contributed by atoms with Crippen LogP contribution in [0.5, 0.6) is 0 Å². The maximum Gasteiger partial charge on any atom is 0.234 e. The van der Waals surface area contributed by atoms with E-state index < -0.39 is 0 Å². The molecule has 0 saturated carbocycles. The molecule has 0 atom stereocenters. The van der Waals surface area contributed by atoms with Crippen LogP contribution in [0.15, 0.2) is 0 Å². The number of nitrogens with one attached hydrogen (secondary N) is 2. The summed E-state index contributed by atoms with van der Waals surface area (Å²) in [6.07, 6.45) is 0. The van der Waals surface area contributed by atoms with Gasteiger partial charge in [0, 0.05) is 13.2 Å². The van der Waals surface area contributed by atoms with Gasteiger partial charge >= 0.3 is 0 Å². The highest BCUT2D eigenvalue weighted by atomic mass is 16.5. The van der Waals surface area contributed by atoms with E-state index in [1.54, 1.807) is 7.05 Å². The summed E-state index contributed by atoms with van der Waals surface area (Å²) >= 11 is 0. The molecule has 0 saturated heterocycles. The van der Waals surface area contributed by atoms with E-state index in [2.05, 4.69) is 10.6 Å². The SMILES string of the molecule is CCOCCNC(=O)CNC. The molecule has 1 amide bonds. The monoisotopic (exact) mass is 160 g/mol. The van der Waals surface area contributed by atoms with E-state index in [0.29, 0.717) is 26.3 Å². The molecule has 66 valence electrons. The molecule has 0 heterocycles. The number of carbonyl (C=O) groups is 1. The van der Waals surface area contributed by atoms with Crippen LogP contribution >= 0.6 is 0 Å². The minimum Gasteiger partial charge on any atom is -0.380 e. The highest BCUT2D eigenvalue weighted by Crippen LogP contribution is 1.70. The van der Waals surface area contributed by atoms with Crippen LogP contribution in [0, 0.1) is 0 Å². The average Bonchev–Trinajstić information content (AvgIpc) is 1.99. The van der Waals surface area contributed by atoms with Crippen molar-refractivity contribution in [3.63, 3.8) is 0 Å². The van der Waals surface area contributed by atoms with Crippen molar-refractivity contribution in [1.29, 1.82) is 0 Å². The molecular formula is C7H16N2O2. The molecule has 0 aromatic heterocycles. The summed E-state index contributed by atoms with van der Waals surface area (Å²) in [5.74, 6) is 0.00667. The minimum atomic E-state index is 0.00667. The zero-order valence-electron chi connectivity index (χ0n) is 7.14. The van der Waals surface area contributed by atoms with Crippen LogP contribution in [-0.4, -0.2) is 39.3 Å². The van der Waals surface area contributed by atoms with E-state index in [1.807, 2.05) is 6.92 Å². The summed E-state index contributed by atoms with van der Waals surface area (Å²) < 4.78 is 5.03. The van der Waals surface area contributed by atoms with Crippen LogP contribution in [0.25, 0.3) is 0 Å². The van der Waals surface area contributed by atoms with Crippen LogP contribution < -0.4 is 10.6 Å². The van der Waals surface area contributed by atoms with Gasteiger partial charge in [-0.05, 0) is 14.0 Å². The Balaban J connectivity index is 3.04. The van der Waals surface area contributed by atoms with Crippen molar-refractivity contribution in [1.82, 2.24) is 10.6 Å². The van der Waals surface area contributed by atoms with Gasteiger partial charge in [-0.3, -0.25) is 4.79 Å². The van der Waals surface area contributed by atoms with Crippen LogP contribution in [0.3, 0.4) is 0 Å². The standard InChI is InChI=1S/C7H16N2O2/c1-3-11-5-4-9-7(10)6-8-2/h8H,3-6H2,1-2H3,(H,9,10). The highest BCUT2D eigenvalue weighted by molar-refractivity contribution is 5.77. The second kappa shape index (κ2) is 7.50. The van der Waals surface area contributed by atoms with Crippen molar-refractivity contribution in [2.75, 3.05) is 33.4 Å². The molecule has 0 rings (SSSR count). The van der Waals surface area contributed by atoms with E-state index in [1.165, 1.54) is 0 Å². The number of amides is 1. The number of hydrogen-bond acceptors (Lipinski definition) is 3. The van der Waals surface area contributed by atoms with Gasteiger partial charge in [0.1, 0.15) is 0 Å². The van der Waals surface area contributed by atoms with Gasteiger partial charge in [0.2, 0.25) is 5.91 Å². The van der Waals surface area contributed by atoms with E-state index in [9.17, 15) is 4.79 Å². The summed E-state index contributed by atoms with van der Waals surface area (Å²) in [4.78, 5) is 10.8. The fourth-order valence-corrected chi connectivity index (χ4v) is 0.630. The lowest BCUT2D eigenvalue weighted by molar-refractivity contribution is -0.120. The first-order chi connectivity index (χ1) is 5.31. The molecule has 4 heteroatoms. The molecule has 0 fully saturated rings. The average molecular weight is 160 g/mol. The second-order valence-electron chi connectivity index (χ2n) is 2.08. The largest absolute Gasteiger partial charge is 0.380 e. The fourth-order valence-electron chi connectivity index (χ4n) is 0.630.